The quantitative estimate of drug-likeness (QED) is 0.767. The maximum atomic E-state index is 12.3. The third kappa shape index (κ3) is 6.24. The second kappa shape index (κ2) is 8.76. The highest BCUT2D eigenvalue weighted by atomic mass is 35.5. The SMILES string of the molecule is COc1ccc(NC(=O)CN(CCO)CC(F)F)cc1Cl. The number of aliphatic hydroxyl groups is 1. The van der Waals surface area contributed by atoms with Crippen LogP contribution >= 0.6 is 11.6 Å². The van der Waals surface area contributed by atoms with Gasteiger partial charge in [-0.05, 0) is 18.2 Å². The molecule has 0 atom stereocenters. The molecule has 8 heteroatoms. The molecule has 0 saturated carbocycles. The number of benzene rings is 1. The Morgan fingerprint density at radius 3 is 2.76 bits per heavy atom. The van der Waals surface area contributed by atoms with E-state index in [1.165, 1.54) is 18.1 Å². The van der Waals surface area contributed by atoms with Gasteiger partial charge in [-0.3, -0.25) is 9.69 Å². The minimum absolute atomic E-state index is 0.00112. The average Bonchev–Trinajstić information content (AvgIpc) is 2.38. The second-order valence-corrected chi connectivity index (χ2v) is 4.65. The average molecular weight is 323 g/mol. The van der Waals surface area contributed by atoms with Crippen LogP contribution in [0, 0.1) is 0 Å². The Labute approximate surface area is 126 Å². The van der Waals surface area contributed by atoms with Crippen molar-refractivity contribution in [2.24, 2.45) is 0 Å². The van der Waals surface area contributed by atoms with Crippen LogP contribution in [0.3, 0.4) is 0 Å². The Kier molecular flexibility index (Phi) is 7.35. The molecule has 0 bridgehead atoms. The van der Waals surface area contributed by atoms with Crippen molar-refractivity contribution in [3.63, 3.8) is 0 Å². The zero-order valence-corrected chi connectivity index (χ0v) is 12.2. The summed E-state index contributed by atoms with van der Waals surface area (Å²) in [6.45, 7) is -1.11. The molecule has 0 saturated heterocycles. The van der Waals surface area contributed by atoms with E-state index >= 15 is 0 Å². The van der Waals surface area contributed by atoms with Crippen molar-refractivity contribution < 1.29 is 23.4 Å². The lowest BCUT2D eigenvalue weighted by atomic mass is 10.3. The smallest absolute Gasteiger partial charge is 0.251 e. The van der Waals surface area contributed by atoms with Gasteiger partial charge in [0.1, 0.15) is 5.75 Å². The number of halogens is 3. The number of rotatable bonds is 8. The molecule has 1 aromatic carbocycles. The molecule has 1 rings (SSSR count). The van der Waals surface area contributed by atoms with Gasteiger partial charge in [-0.1, -0.05) is 11.6 Å². The second-order valence-electron chi connectivity index (χ2n) is 4.25. The van der Waals surface area contributed by atoms with Gasteiger partial charge >= 0.3 is 0 Å². The van der Waals surface area contributed by atoms with E-state index in [0.717, 1.165) is 0 Å². The fourth-order valence-corrected chi connectivity index (χ4v) is 1.98. The predicted octanol–water partition coefficient (Wildman–Crippen LogP) is 1.85. The fraction of sp³-hybridized carbons (Fsp3) is 0.462. The Bertz CT molecular complexity index is 475. The number of hydrogen-bond acceptors (Lipinski definition) is 4. The van der Waals surface area contributed by atoms with Gasteiger partial charge < -0.3 is 15.2 Å². The number of alkyl halides is 2. The van der Waals surface area contributed by atoms with Gasteiger partial charge in [0.25, 0.3) is 6.43 Å². The van der Waals surface area contributed by atoms with Crippen LogP contribution in [-0.4, -0.2) is 55.7 Å². The number of carbonyl (C=O) groups excluding carboxylic acids is 1. The van der Waals surface area contributed by atoms with Gasteiger partial charge in [-0.15, -0.1) is 0 Å². The molecule has 5 nitrogen and oxygen atoms in total. The van der Waals surface area contributed by atoms with Crippen molar-refractivity contribution in [1.82, 2.24) is 4.90 Å². The van der Waals surface area contributed by atoms with E-state index in [1.807, 2.05) is 0 Å². The Balaban J connectivity index is 2.60. The molecule has 0 unspecified atom stereocenters. The monoisotopic (exact) mass is 322 g/mol. The molecule has 2 N–H and O–H groups in total. The molecule has 21 heavy (non-hydrogen) atoms. The van der Waals surface area contributed by atoms with Crippen LogP contribution in [0.4, 0.5) is 14.5 Å². The molecule has 0 aromatic heterocycles. The van der Waals surface area contributed by atoms with E-state index < -0.39 is 18.9 Å². The molecule has 0 fully saturated rings. The van der Waals surface area contributed by atoms with Crippen LogP contribution in [-0.2, 0) is 4.79 Å². The number of aliphatic hydroxyl groups excluding tert-OH is 1. The number of amides is 1. The number of anilines is 1. The molecule has 0 aliphatic carbocycles. The summed E-state index contributed by atoms with van der Waals surface area (Å²) in [5.74, 6) is -0.000364. The van der Waals surface area contributed by atoms with Crippen LogP contribution in [0.5, 0.6) is 5.75 Å². The lowest BCUT2D eigenvalue weighted by Crippen LogP contribution is -2.38. The van der Waals surface area contributed by atoms with E-state index in [2.05, 4.69) is 5.32 Å². The Hall–Kier alpha value is -1.44. The zero-order chi connectivity index (χ0) is 15.8. The van der Waals surface area contributed by atoms with Crippen LogP contribution in [0.2, 0.25) is 5.02 Å². The number of ether oxygens (including phenoxy) is 1. The van der Waals surface area contributed by atoms with Crippen molar-refractivity contribution >= 4 is 23.2 Å². The highest BCUT2D eigenvalue weighted by Crippen LogP contribution is 2.27. The van der Waals surface area contributed by atoms with E-state index in [-0.39, 0.29) is 19.7 Å². The molecule has 1 amide bonds. The van der Waals surface area contributed by atoms with Crippen molar-refractivity contribution in [3.05, 3.63) is 23.2 Å². The van der Waals surface area contributed by atoms with Gasteiger partial charge in [-0.2, -0.15) is 0 Å². The number of nitrogens with one attached hydrogen (secondary N) is 1. The minimum atomic E-state index is -2.57. The molecule has 0 spiro atoms. The van der Waals surface area contributed by atoms with Gasteiger partial charge in [-0.25, -0.2) is 8.78 Å². The van der Waals surface area contributed by atoms with Crippen LogP contribution in [0.1, 0.15) is 0 Å². The van der Waals surface area contributed by atoms with Crippen LogP contribution < -0.4 is 10.1 Å². The lowest BCUT2D eigenvalue weighted by molar-refractivity contribution is -0.117. The lowest BCUT2D eigenvalue weighted by Gasteiger charge is -2.20. The molecule has 0 aliphatic rings. The third-order valence-corrected chi connectivity index (χ3v) is 2.91. The summed E-state index contributed by atoms with van der Waals surface area (Å²) in [6, 6.07) is 4.68. The van der Waals surface area contributed by atoms with Crippen LogP contribution in [0.25, 0.3) is 0 Å². The van der Waals surface area contributed by atoms with Crippen molar-refractivity contribution in [2.45, 2.75) is 6.43 Å². The molecule has 0 aliphatic heterocycles. The van der Waals surface area contributed by atoms with Gasteiger partial charge in [0.05, 0.1) is 31.8 Å². The number of hydrogen-bond donors (Lipinski definition) is 2. The largest absolute Gasteiger partial charge is 0.495 e. The maximum Gasteiger partial charge on any atom is 0.251 e. The van der Waals surface area contributed by atoms with Crippen LogP contribution in [0.15, 0.2) is 18.2 Å². The summed E-state index contributed by atoms with van der Waals surface area (Å²) >= 11 is 5.92. The highest BCUT2D eigenvalue weighted by molar-refractivity contribution is 6.32. The summed E-state index contributed by atoms with van der Waals surface area (Å²) < 4.78 is 29.7. The van der Waals surface area contributed by atoms with Crippen molar-refractivity contribution in [3.8, 4) is 5.75 Å². The van der Waals surface area contributed by atoms with E-state index in [4.69, 9.17) is 21.4 Å². The van der Waals surface area contributed by atoms with Gasteiger partial charge in [0, 0.05) is 12.2 Å². The van der Waals surface area contributed by atoms with Gasteiger partial charge in [0.2, 0.25) is 5.91 Å². The molecular formula is C13H17ClF2N2O3. The first kappa shape index (κ1) is 17.6. The first-order valence-electron chi connectivity index (χ1n) is 6.21. The summed E-state index contributed by atoms with van der Waals surface area (Å²) in [5, 5.41) is 11.7. The first-order valence-corrected chi connectivity index (χ1v) is 6.58. The minimum Gasteiger partial charge on any atom is -0.495 e. The molecule has 0 heterocycles. The topological polar surface area (TPSA) is 61.8 Å². The highest BCUT2D eigenvalue weighted by Gasteiger charge is 2.15. The fourth-order valence-electron chi connectivity index (χ4n) is 1.72. The standard InChI is InChI=1S/C13H17ClF2N2O3/c1-21-11-3-2-9(6-10(11)14)17-13(20)8-18(4-5-19)7-12(15)16/h2-3,6,12,19H,4-5,7-8H2,1H3,(H,17,20). The first-order chi connectivity index (χ1) is 9.96. The Morgan fingerprint density at radius 1 is 1.52 bits per heavy atom. The predicted molar refractivity (Wildman–Crippen MR) is 76.2 cm³/mol. The molecule has 0 radical (unpaired) electrons. The summed E-state index contributed by atoms with van der Waals surface area (Å²) in [4.78, 5) is 13.0. The number of nitrogens with zero attached hydrogens (tertiary/aromatic N) is 1. The zero-order valence-electron chi connectivity index (χ0n) is 11.5. The van der Waals surface area contributed by atoms with E-state index in [0.29, 0.717) is 16.5 Å². The molecule has 1 aromatic rings. The van der Waals surface area contributed by atoms with Gasteiger partial charge in [0.15, 0.2) is 0 Å². The molecule has 118 valence electrons. The van der Waals surface area contributed by atoms with E-state index in [9.17, 15) is 13.6 Å². The third-order valence-electron chi connectivity index (χ3n) is 2.62. The molecular weight excluding hydrogens is 306 g/mol. The van der Waals surface area contributed by atoms with E-state index in [1.54, 1.807) is 12.1 Å². The number of methoxy groups -OCH3 is 1. The van der Waals surface area contributed by atoms with Crippen molar-refractivity contribution in [1.29, 1.82) is 0 Å². The summed E-state index contributed by atoms with van der Waals surface area (Å²) in [5.41, 5.74) is 0.437. The summed E-state index contributed by atoms with van der Waals surface area (Å²) in [6.07, 6.45) is -2.57. The normalized spacial score (nSPS) is 11.0. The summed E-state index contributed by atoms with van der Waals surface area (Å²) in [7, 11) is 1.47. The maximum absolute atomic E-state index is 12.3. The Morgan fingerprint density at radius 2 is 2.24 bits per heavy atom. The number of carbonyl (C=O) groups is 1. The van der Waals surface area contributed by atoms with Crippen molar-refractivity contribution in [2.75, 3.05) is 38.7 Å².